The summed E-state index contributed by atoms with van der Waals surface area (Å²) in [6.07, 6.45) is -0.00186. The second kappa shape index (κ2) is 7.33. The number of hydrogen-bond donors (Lipinski definition) is 1. The molecule has 0 saturated heterocycles. The monoisotopic (exact) mass is 285 g/mol. The number of amides is 1. The van der Waals surface area contributed by atoms with E-state index in [1.54, 1.807) is 19.2 Å². The lowest BCUT2D eigenvalue weighted by atomic mass is 10.2. The maximum atomic E-state index is 12.3. The smallest absolute Gasteiger partial charge is 0.265 e. The number of benzene rings is 2. The van der Waals surface area contributed by atoms with E-state index in [-0.39, 0.29) is 5.91 Å². The molecule has 0 spiro atoms. The topological polar surface area (TPSA) is 47.6 Å². The van der Waals surface area contributed by atoms with Gasteiger partial charge in [0.15, 0.2) is 17.6 Å². The molecular weight excluding hydrogens is 266 g/mol. The quantitative estimate of drug-likeness (QED) is 0.883. The molecule has 0 saturated carbocycles. The largest absolute Gasteiger partial charge is 0.493 e. The van der Waals surface area contributed by atoms with E-state index in [2.05, 4.69) is 5.32 Å². The summed E-state index contributed by atoms with van der Waals surface area (Å²) < 4.78 is 11.0. The summed E-state index contributed by atoms with van der Waals surface area (Å²) in [5, 5.41) is 2.85. The Bertz CT molecular complexity index is 584. The number of hydrogen-bond acceptors (Lipinski definition) is 3. The van der Waals surface area contributed by atoms with Crippen molar-refractivity contribution >= 4 is 11.6 Å². The normalized spacial score (nSPS) is 11.5. The zero-order chi connectivity index (χ0) is 15.1. The minimum atomic E-state index is -0.568. The third kappa shape index (κ3) is 3.99. The molecule has 0 aliphatic heterocycles. The fraction of sp³-hybridized carbons (Fsp3) is 0.235. The third-order valence-electron chi connectivity index (χ3n) is 3.04. The van der Waals surface area contributed by atoms with Gasteiger partial charge in [0.2, 0.25) is 0 Å². The van der Waals surface area contributed by atoms with Gasteiger partial charge in [-0.1, -0.05) is 37.3 Å². The van der Waals surface area contributed by atoms with E-state index in [0.717, 1.165) is 5.69 Å². The summed E-state index contributed by atoms with van der Waals surface area (Å²) in [4.78, 5) is 12.3. The first-order chi connectivity index (χ1) is 10.2. The standard InChI is InChI=1S/C17H19NO3/c1-3-14(17(19)18-13-9-5-4-6-10-13)21-16-12-8-7-11-15(16)20-2/h4-12,14H,3H2,1-2H3,(H,18,19)/t14-/m0/s1. The summed E-state index contributed by atoms with van der Waals surface area (Å²) in [6, 6.07) is 16.6. The highest BCUT2D eigenvalue weighted by Gasteiger charge is 2.19. The zero-order valence-corrected chi connectivity index (χ0v) is 12.2. The molecule has 4 heteroatoms. The molecule has 1 atom stereocenters. The van der Waals surface area contributed by atoms with Gasteiger partial charge in [-0.05, 0) is 30.7 Å². The van der Waals surface area contributed by atoms with E-state index in [1.807, 2.05) is 49.4 Å². The highest BCUT2D eigenvalue weighted by atomic mass is 16.5. The van der Waals surface area contributed by atoms with Gasteiger partial charge in [-0.2, -0.15) is 0 Å². The molecule has 0 aliphatic carbocycles. The minimum Gasteiger partial charge on any atom is -0.493 e. The maximum absolute atomic E-state index is 12.3. The second-order valence-corrected chi connectivity index (χ2v) is 4.52. The number of nitrogens with one attached hydrogen (secondary N) is 1. The Hall–Kier alpha value is -2.49. The van der Waals surface area contributed by atoms with Crippen LogP contribution >= 0.6 is 0 Å². The first kappa shape index (κ1) is 14.9. The fourth-order valence-corrected chi connectivity index (χ4v) is 1.94. The van der Waals surface area contributed by atoms with Crippen LogP contribution in [0.5, 0.6) is 11.5 Å². The number of anilines is 1. The van der Waals surface area contributed by atoms with E-state index >= 15 is 0 Å². The van der Waals surface area contributed by atoms with E-state index in [4.69, 9.17) is 9.47 Å². The van der Waals surface area contributed by atoms with Crippen LogP contribution in [0.1, 0.15) is 13.3 Å². The minimum absolute atomic E-state index is 0.172. The van der Waals surface area contributed by atoms with Gasteiger partial charge in [0.05, 0.1) is 7.11 Å². The Balaban J connectivity index is 2.07. The molecular formula is C17H19NO3. The van der Waals surface area contributed by atoms with Crippen LogP contribution in [0.3, 0.4) is 0 Å². The van der Waals surface area contributed by atoms with Crippen LogP contribution in [0.25, 0.3) is 0 Å². The molecule has 2 aromatic carbocycles. The van der Waals surface area contributed by atoms with Crippen molar-refractivity contribution in [3.63, 3.8) is 0 Å². The molecule has 2 aromatic rings. The van der Waals surface area contributed by atoms with Gasteiger partial charge in [0.25, 0.3) is 5.91 Å². The van der Waals surface area contributed by atoms with Gasteiger partial charge in [0.1, 0.15) is 0 Å². The van der Waals surface area contributed by atoms with Gasteiger partial charge >= 0.3 is 0 Å². The Morgan fingerprint density at radius 3 is 2.29 bits per heavy atom. The van der Waals surface area contributed by atoms with Gasteiger partial charge in [0, 0.05) is 5.69 Å². The third-order valence-corrected chi connectivity index (χ3v) is 3.04. The molecule has 21 heavy (non-hydrogen) atoms. The summed E-state index contributed by atoms with van der Waals surface area (Å²) in [5.41, 5.74) is 0.754. The lowest BCUT2D eigenvalue weighted by molar-refractivity contribution is -0.122. The Morgan fingerprint density at radius 1 is 1.05 bits per heavy atom. The molecule has 4 nitrogen and oxygen atoms in total. The number of carbonyl (C=O) groups is 1. The molecule has 0 radical (unpaired) electrons. The lowest BCUT2D eigenvalue weighted by Gasteiger charge is -2.18. The molecule has 0 heterocycles. The van der Waals surface area contributed by atoms with Gasteiger partial charge in [-0.3, -0.25) is 4.79 Å². The second-order valence-electron chi connectivity index (χ2n) is 4.52. The molecule has 1 amide bonds. The highest BCUT2D eigenvalue weighted by Crippen LogP contribution is 2.27. The van der Waals surface area contributed by atoms with E-state index < -0.39 is 6.10 Å². The Kier molecular flexibility index (Phi) is 5.21. The van der Waals surface area contributed by atoms with Crippen molar-refractivity contribution in [2.24, 2.45) is 0 Å². The van der Waals surface area contributed by atoms with Gasteiger partial charge in [-0.15, -0.1) is 0 Å². The molecule has 0 aromatic heterocycles. The van der Waals surface area contributed by atoms with Crippen molar-refractivity contribution in [3.05, 3.63) is 54.6 Å². The number of ether oxygens (including phenoxy) is 2. The van der Waals surface area contributed by atoms with Crippen molar-refractivity contribution in [1.82, 2.24) is 0 Å². The first-order valence-corrected chi connectivity index (χ1v) is 6.90. The summed E-state index contributed by atoms with van der Waals surface area (Å²) in [7, 11) is 1.58. The van der Waals surface area contributed by atoms with Crippen molar-refractivity contribution in [2.45, 2.75) is 19.4 Å². The molecule has 0 aliphatic rings. The van der Waals surface area contributed by atoms with Crippen molar-refractivity contribution in [3.8, 4) is 11.5 Å². The van der Waals surface area contributed by atoms with Crippen LogP contribution in [0.4, 0.5) is 5.69 Å². The Labute approximate surface area is 124 Å². The Morgan fingerprint density at radius 2 is 1.67 bits per heavy atom. The lowest BCUT2D eigenvalue weighted by Crippen LogP contribution is -2.32. The predicted molar refractivity (Wildman–Crippen MR) is 82.8 cm³/mol. The van der Waals surface area contributed by atoms with E-state index in [1.165, 1.54) is 0 Å². The van der Waals surface area contributed by atoms with Crippen LogP contribution in [0.2, 0.25) is 0 Å². The molecule has 110 valence electrons. The van der Waals surface area contributed by atoms with Crippen molar-refractivity contribution < 1.29 is 14.3 Å². The number of rotatable bonds is 6. The van der Waals surface area contributed by atoms with Gasteiger partial charge < -0.3 is 14.8 Å². The predicted octanol–water partition coefficient (Wildman–Crippen LogP) is 3.49. The van der Waals surface area contributed by atoms with Crippen molar-refractivity contribution in [2.75, 3.05) is 12.4 Å². The van der Waals surface area contributed by atoms with Crippen LogP contribution in [-0.4, -0.2) is 19.1 Å². The van der Waals surface area contributed by atoms with E-state index in [0.29, 0.717) is 17.9 Å². The highest BCUT2D eigenvalue weighted by molar-refractivity contribution is 5.94. The number of carbonyl (C=O) groups excluding carboxylic acids is 1. The van der Waals surface area contributed by atoms with Crippen molar-refractivity contribution in [1.29, 1.82) is 0 Å². The average molecular weight is 285 g/mol. The molecule has 2 rings (SSSR count). The molecule has 0 unspecified atom stereocenters. The van der Waals surface area contributed by atoms with Crippen LogP contribution in [0, 0.1) is 0 Å². The summed E-state index contributed by atoms with van der Waals surface area (Å²) in [6.45, 7) is 1.91. The number of para-hydroxylation sites is 3. The molecule has 0 bridgehead atoms. The van der Waals surface area contributed by atoms with Gasteiger partial charge in [-0.25, -0.2) is 0 Å². The first-order valence-electron chi connectivity index (χ1n) is 6.90. The zero-order valence-electron chi connectivity index (χ0n) is 12.2. The van der Waals surface area contributed by atoms with Crippen LogP contribution < -0.4 is 14.8 Å². The number of methoxy groups -OCH3 is 1. The van der Waals surface area contributed by atoms with Crippen LogP contribution in [-0.2, 0) is 4.79 Å². The van der Waals surface area contributed by atoms with Crippen LogP contribution in [0.15, 0.2) is 54.6 Å². The molecule has 1 N–H and O–H groups in total. The SMILES string of the molecule is CC[C@H](Oc1ccccc1OC)C(=O)Nc1ccccc1. The summed E-state index contributed by atoms with van der Waals surface area (Å²) in [5.74, 6) is 1.01. The average Bonchev–Trinajstić information content (AvgIpc) is 2.53. The summed E-state index contributed by atoms with van der Waals surface area (Å²) >= 11 is 0. The fourth-order valence-electron chi connectivity index (χ4n) is 1.94. The van der Waals surface area contributed by atoms with E-state index in [9.17, 15) is 4.79 Å². The molecule has 0 fully saturated rings. The maximum Gasteiger partial charge on any atom is 0.265 e.